The molecule has 0 saturated carbocycles. The van der Waals surface area contributed by atoms with Crippen LogP contribution in [0.4, 0.5) is 0 Å². The van der Waals surface area contributed by atoms with E-state index in [1.807, 2.05) is 26.0 Å². The van der Waals surface area contributed by atoms with Crippen LogP contribution in [0.1, 0.15) is 22.3 Å². The Morgan fingerprint density at radius 1 is 1.37 bits per heavy atom. The smallest absolute Gasteiger partial charge is 0.273 e. The molecule has 0 aliphatic rings. The van der Waals surface area contributed by atoms with Crippen LogP contribution >= 0.6 is 0 Å². The molecule has 1 aromatic rings. The Labute approximate surface area is 112 Å². The number of carbonyl (C=O) groups excluding carboxylic acids is 1. The van der Waals surface area contributed by atoms with E-state index >= 15 is 0 Å². The van der Waals surface area contributed by atoms with E-state index in [1.165, 1.54) is 14.2 Å². The molecule has 0 spiro atoms. The fourth-order valence-electron chi connectivity index (χ4n) is 1.73. The van der Waals surface area contributed by atoms with Crippen molar-refractivity contribution < 1.29 is 14.5 Å². The molecule has 0 aromatic heterocycles. The lowest BCUT2D eigenvalue weighted by atomic mass is 9.96. The number of carbonyl (C=O) groups is 1. The van der Waals surface area contributed by atoms with Gasteiger partial charge in [0, 0.05) is 12.6 Å². The van der Waals surface area contributed by atoms with E-state index < -0.39 is 0 Å². The maximum Gasteiger partial charge on any atom is 0.273 e. The minimum atomic E-state index is -0.330. The summed E-state index contributed by atoms with van der Waals surface area (Å²) in [6.07, 6.45) is 0. The molecule has 19 heavy (non-hydrogen) atoms. The predicted octanol–water partition coefficient (Wildman–Crippen LogP) is 0.790. The highest BCUT2D eigenvalue weighted by Gasteiger charge is 2.18. The number of aryl methyl sites for hydroxylation is 2. The lowest BCUT2D eigenvalue weighted by molar-refractivity contribution is -0.114. The van der Waals surface area contributed by atoms with Gasteiger partial charge in [0.15, 0.2) is 5.71 Å². The summed E-state index contributed by atoms with van der Waals surface area (Å²) in [4.78, 5) is 21.3. The Bertz CT molecular complexity index is 498. The molecule has 0 heterocycles. The Morgan fingerprint density at radius 2 is 2.00 bits per heavy atom. The average molecular weight is 265 g/mol. The number of nitrogens with two attached hydrogens (primary N) is 1. The van der Waals surface area contributed by atoms with Gasteiger partial charge in [-0.2, -0.15) is 0 Å². The number of amides is 1. The van der Waals surface area contributed by atoms with E-state index in [0.717, 1.165) is 16.7 Å². The van der Waals surface area contributed by atoms with Crippen molar-refractivity contribution in [1.29, 1.82) is 0 Å². The highest BCUT2D eigenvalue weighted by atomic mass is 16.6. The van der Waals surface area contributed by atoms with Crippen LogP contribution in [0.15, 0.2) is 17.3 Å². The van der Waals surface area contributed by atoms with Crippen LogP contribution in [0.25, 0.3) is 0 Å². The van der Waals surface area contributed by atoms with Crippen molar-refractivity contribution in [2.75, 3.05) is 14.2 Å². The lowest BCUT2D eigenvalue weighted by Gasteiger charge is -2.13. The first-order valence-electron chi connectivity index (χ1n) is 5.80. The van der Waals surface area contributed by atoms with Crippen LogP contribution in [-0.4, -0.2) is 25.8 Å². The summed E-state index contributed by atoms with van der Waals surface area (Å²) in [5.74, 6) is 4.80. The fourth-order valence-corrected chi connectivity index (χ4v) is 1.73. The number of likely N-dealkylation sites (N-methyl/N-ethyl adjacent to an activating group) is 1. The first-order chi connectivity index (χ1) is 9.04. The van der Waals surface area contributed by atoms with Crippen molar-refractivity contribution in [3.8, 4) is 0 Å². The third-order valence-electron chi connectivity index (χ3n) is 2.84. The largest absolute Gasteiger partial charge is 0.398 e. The molecule has 6 heteroatoms. The standard InChI is InChI=1S/C13H19N3O3/c1-8-5-10(7-19-14)11(6-9(8)2)12(16-18-4)13(17)15-3/h5-6H,7,14H2,1-4H3,(H,15,17)/b16-12+. The van der Waals surface area contributed by atoms with Crippen molar-refractivity contribution in [3.05, 3.63) is 34.4 Å². The second-order valence-electron chi connectivity index (χ2n) is 4.11. The maximum absolute atomic E-state index is 11.9. The quantitative estimate of drug-likeness (QED) is 0.609. The molecule has 0 radical (unpaired) electrons. The molecular weight excluding hydrogens is 246 g/mol. The van der Waals surface area contributed by atoms with Gasteiger partial charge in [-0.05, 0) is 36.6 Å². The molecule has 0 unspecified atom stereocenters. The average Bonchev–Trinajstić information content (AvgIpc) is 2.40. The minimum Gasteiger partial charge on any atom is -0.398 e. The molecule has 0 bridgehead atoms. The van der Waals surface area contributed by atoms with Gasteiger partial charge in [-0.3, -0.25) is 9.63 Å². The molecule has 0 aliphatic carbocycles. The van der Waals surface area contributed by atoms with Crippen LogP contribution in [0, 0.1) is 13.8 Å². The molecule has 1 rings (SSSR count). The monoisotopic (exact) mass is 265 g/mol. The van der Waals surface area contributed by atoms with E-state index in [2.05, 4.69) is 15.3 Å². The van der Waals surface area contributed by atoms with Crippen LogP contribution < -0.4 is 11.2 Å². The van der Waals surface area contributed by atoms with Crippen LogP contribution in [0.5, 0.6) is 0 Å². The normalized spacial score (nSPS) is 11.3. The second kappa shape index (κ2) is 6.86. The number of nitrogens with zero attached hydrogens (tertiary/aromatic N) is 1. The van der Waals surface area contributed by atoms with Gasteiger partial charge in [-0.1, -0.05) is 11.2 Å². The minimum absolute atomic E-state index is 0.191. The molecule has 6 nitrogen and oxygen atoms in total. The molecular formula is C13H19N3O3. The van der Waals surface area contributed by atoms with Crippen molar-refractivity contribution in [2.24, 2.45) is 11.1 Å². The fraction of sp³-hybridized carbons (Fsp3) is 0.385. The van der Waals surface area contributed by atoms with Gasteiger partial charge >= 0.3 is 0 Å². The molecule has 0 saturated heterocycles. The summed E-state index contributed by atoms with van der Waals surface area (Å²) in [7, 11) is 2.93. The van der Waals surface area contributed by atoms with Gasteiger partial charge < -0.3 is 10.2 Å². The van der Waals surface area contributed by atoms with Gasteiger partial charge in [-0.15, -0.1) is 0 Å². The number of hydrogen-bond donors (Lipinski definition) is 2. The molecule has 104 valence electrons. The molecule has 0 aliphatic heterocycles. The topological polar surface area (TPSA) is 85.9 Å². The van der Waals surface area contributed by atoms with E-state index in [9.17, 15) is 4.79 Å². The van der Waals surface area contributed by atoms with E-state index in [-0.39, 0.29) is 18.2 Å². The van der Waals surface area contributed by atoms with Gasteiger partial charge in [0.25, 0.3) is 5.91 Å². The van der Waals surface area contributed by atoms with Crippen molar-refractivity contribution in [3.63, 3.8) is 0 Å². The van der Waals surface area contributed by atoms with Crippen molar-refractivity contribution in [1.82, 2.24) is 5.32 Å². The summed E-state index contributed by atoms with van der Waals surface area (Å²) in [5, 5.41) is 6.32. The molecule has 0 fully saturated rings. The first-order valence-corrected chi connectivity index (χ1v) is 5.80. The first kappa shape index (κ1) is 15.1. The zero-order valence-electron chi connectivity index (χ0n) is 11.6. The number of rotatable bonds is 5. The Kier molecular flexibility index (Phi) is 5.47. The molecule has 0 atom stereocenters. The Hall–Kier alpha value is -1.92. The number of hydrogen-bond acceptors (Lipinski definition) is 5. The number of benzene rings is 1. The Morgan fingerprint density at radius 3 is 2.53 bits per heavy atom. The summed E-state index contributed by atoms with van der Waals surface area (Å²) in [5.41, 5.74) is 3.76. The highest BCUT2D eigenvalue weighted by molar-refractivity contribution is 6.45. The summed E-state index contributed by atoms with van der Waals surface area (Å²) >= 11 is 0. The second-order valence-corrected chi connectivity index (χ2v) is 4.11. The Balaban J connectivity index is 3.40. The summed E-state index contributed by atoms with van der Waals surface area (Å²) in [6.45, 7) is 4.13. The van der Waals surface area contributed by atoms with Gasteiger partial charge in [-0.25, -0.2) is 5.90 Å². The van der Waals surface area contributed by atoms with Crippen LogP contribution in [0.3, 0.4) is 0 Å². The van der Waals surface area contributed by atoms with Gasteiger partial charge in [0.1, 0.15) is 7.11 Å². The highest BCUT2D eigenvalue weighted by Crippen LogP contribution is 2.18. The maximum atomic E-state index is 11.9. The predicted molar refractivity (Wildman–Crippen MR) is 72.5 cm³/mol. The summed E-state index contributed by atoms with van der Waals surface area (Å²) < 4.78 is 0. The van der Waals surface area contributed by atoms with Gasteiger partial charge in [0.2, 0.25) is 0 Å². The van der Waals surface area contributed by atoms with Crippen LogP contribution in [0.2, 0.25) is 0 Å². The van der Waals surface area contributed by atoms with Crippen LogP contribution in [-0.2, 0) is 21.1 Å². The summed E-state index contributed by atoms with van der Waals surface area (Å²) in [6, 6.07) is 3.79. The third kappa shape index (κ3) is 3.52. The molecule has 1 amide bonds. The van der Waals surface area contributed by atoms with Gasteiger partial charge in [0.05, 0.1) is 6.61 Å². The zero-order chi connectivity index (χ0) is 14.4. The lowest BCUT2D eigenvalue weighted by Crippen LogP contribution is -2.29. The SMILES string of the molecule is CNC(=O)/C(=N/OC)c1cc(C)c(C)cc1CON. The van der Waals surface area contributed by atoms with Crippen molar-refractivity contribution in [2.45, 2.75) is 20.5 Å². The van der Waals surface area contributed by atoms with E-state index in [4.69, 9.17) is 10.7 Å². The zero-order valence-corrected chi connectivity index (χ0v) is 11.6. The van der Waals surface area contributed by atoms with Crippen molar-refractivity contribution >= 4 is 11.6 Å². The molecule has 3 N–H and O–H groups in total. The third-order valence-corrected chi connectivity index (χ3v) is 2.84. The van der Waals surface area contributed by atoms with E-state index in [1.54, 1.807) is 0 Å². The number of oxime groups is 1. The molecule has 1 aromatic carbocycles. The van der Waals surface area contributed by atoms with E-state index in [0.29, 0.717) is 5.56 Å². The number of nitrogens with one attached hydrogen (secondary N) is 1.